The van der Waals surface area contributed by atoms with Crippen LogP contribution in [0, 0.1) is 0 Å². The van der Waals surface area contributed by atoms with E-state index in [1.165, 1.54) is 0 Å². The largest absolute Gasteiger partial charge is 0.506 e. The zero-order valence-corrected chi connectivity index (χ0v) is 11.9. The van der Waals surface area contributed by atoms with E-state index in [0.29, 0.717) is 8.95 Å². The number of nitrogens with two attached hydrogens (primary N) is 1. The molecule has 1 aromatic carbocycles. The minimum Gasteiger partial charge on any atom is -0.506 e. The second-order valence-corrected chi connectivity index (χ2v) is 4.81. The highest BCUT2D eigenvalue weighted by molar-refractivity contribution is 9.11. The lowest BCUT2D eigenvalue weighted by Crippen LogP contribution is -2.23. The predicted octanol–water partition coefficient (Wildman–Crippen LogP) is 2.72. The summed E-state index contributed by atoms with van der Waals surface area (Å²) < 4.78 is 1.11. The molecule has 0 aliphatic rings. The third-order valence-corrected chi connectivity index (χ3v) is 3.15. The quantitative estimate of drug-likeness (QED) is 0.759. The number of hydrogen-bond donors (Lipinski definition) is 3. The summed E-state index contributed by atoms with van der Waals surface area (Å²) >= 11 is 6.39. The van der Waals surface area contributed by atoms with E-state index in [9.17, 15) is 10.2 Å². The number of aliphatic hydroxyl groups excluding tert-OH is 1. The first-order valence-electron chi connectivity index (χ1n) is 4.05. The third kappa shape index (κ3) is 3.60. The number of benzene rings is 1. The van der Waals surface area contributed by atoms with E-state index in [2.05, 4.69) is 31.9 Å². The van der Waals surface area contributed by atoms with Crippen molar-refractivity contribution >= 4 is 44.3 Å². The van der Waals surface area contributed by atoms with Gasteiger partial charge in [0.1, 0.15) is 5.75 Å². The Morgan fingerprint density at radius 2 is 1.67 bits per heavy atom. The molecule has 0 aliphatic carbocycles. The van der Waals surface area contributed by atoms with Crippen molar-refractivity contribution < 1.29 is 10.2 Å². The molecule has 0 saturated heterocycles. The van der Waals surface area contributed by atoms with Crippen LogP contribution in [0.5, 0.6) is 5.75 Å². The van der Waals surface area contributed by atoms with Gasteiger partial charge in [-0.25, -0.2) is 0 Å². The van der Waals surface area contributed by atoms with Crippen LogP contribution in [0.4, 0.5) is 0 Å². The van der Waals surface area contributed by atoms with E-state index >= 15 is 0 Å². The average molecular weight is 361 g/mol. The molecule has 0 bridgehead atoms. The molecule has 6 heteroatoms. The second-order valence-electron chi connectivity index (χ2n) is 3.10. The molecule has 1 aromatic rings. The number of phenolic OH excluding ortho intramolecular Hbond substituents is 1. The van der Waals surface area contributed by atoms with Crippen LogP contribution in [-0.2, 0) is 0 Å². The minimum atomic E-state index is -0.627. The van der Waals surface area contributed by atoms with E-state index in [4.69, 9.17) is 5.73 Å². The number of aliphatic hydroxyl groups is 1. The Labute approximate surface area is 111 Å². The van der Waals surface area contributed by atoms with Gasteiger partial charge in [-0.1, -0.05) is 0 Å². The molecule has 0 amide bonds. The molecular weight excluding hydrogens is 349 g/mol. The number of rotatable bonds is 2. The summed E-state index contributed by atoms with van der Waals surface area (Å²) in [5.74, 6) is 0.131. The first-order chi connectivity index (χ1) is 6.43. The maximum Gasteiger partial charge on any atom is 0.143 e. The van der Waals surface area contributed by atoms with Crippen LogP contribution in [0.15, 0.2) is 21.1 Å². The van der Waals surface area contributed by atoms with Crippen molar-refractivity contribution in [1.29, 1.82) is 0 Å². The summed E-state index contributed by atoms with van der Waals surface area (Å²) in [5.41, 5.74) is 6.51. The molecule has 1 rings (SSSR count). The summed E-state index contributed by atoms with van der Waals surface area (Å²) in [6, 6.07) is 2.93. The smallest absolute Gasteiger partial charge is 0.143 e. The fraction of sp³-hybridized carbons (Fsp3) is 0.333. The van der Waals surface area contributed by atoms with E-state index in [1.54, 1.807) is 19.1 Å². The van der Waals surface area contributed by atoms with Crippen LogP contribution in [0.25, 0.3) is 0 Å². The maximum atomic E-state index is 9.45. The third-order valence-electron chi connectivity index (χ3n) is 1.94. The van der Waals surface area contributed by atoms with Crippen LogP contribution in [0.3, 0.4) is 0 Å². The Hall–Kier alpha value is 0.190. The Balaban J connectivity index is 0.00000196. The van der Waals surface area contributed by atoms with Crippen LogP contribution >= 0.6 is 44.3 Å². The van der Waals surface area contributed by atoms with E-state index in [0.717, 1.165) is 5.56 Å². The maximum absolute atomic E-state index is 9.45. The first-order valence-corrected chi connectivity index (χ1v) is 5.63. The van der Waals surface area contributed by atoms with Crippen LogP contribution in [-0.4, -0.2) is 16.3 Å². The number of aromatic hydroxyl groups is 1. The van der Waals surface area contributed by atoms with Crippen molar-refractivity contribution in [1.82, 2.24) is 0 Å². The summed E-state index contributed by atoms with van der Waals surface area (Å²) in [7, 11) is 0. The standard InChI is InChI=1S/C9H11Br2NO2.ClH/c1-4(13)8(12)5-2-6(10)9(14)7(11)3-5;/h2-4,8,13-14H,12H2,1H3;1H/t4-,8-;/m0./s1. The molecule has 4 N–H and O–H groups in total. The first kappa shape index (κ1) is 15.2. The SMILES string of the molecule is C[C@H](O)[C@H](N)c1cc(Br)c(O)c(Br)c1.Cl. The molecule has 0 aliphatic heterocycles. The topological polar surface area (TPSA) is 66.5 Å². The molecule has 0 spiro atoms. The lowest BCUT2D eigenvalue weighted by molar-refractivity contribution is 0.164. The second kappa shape index (κ2) is 6.06. The Kier molecular flexibility index (Phi) is 6.13. The van der Waals surface area contributed by atoms with Gasteiger partial charge in [-0.05, 0) is 56.5 Å². The molecule has 0 aromatic heterocycles. The Bertz CT molecular complexity index is 324. The van der Waals surface area contributed by atoms with Gasteiger partial charge in [0.15, 0.2) is 0 Å². The molecule has 2 atom stereocenters. The molecule has 0 unspecified atom stereocenters. The van der Waals surface area contributed by atoms with Crippen molar-refractivity contribution in [2.45, 2.75) is 19.1 Å². The van der Waals surface area contributed by atoms with Gasteiger partial charge in [-0.3, -0.25) is 0 Å². The van der Waals surface area contributed by atoms with Gasteiger partial charge in [0.2, 0.25) is 0 Å². The average Bonchev–Trinajstić information content (AvgIpc) is 2.12. The highest BCUT2D eigenvalue weighted by Gasteiger charge is 2.15. The van der Waals surface area contributed by atoms with Crippen molar-refractivity contribution in [2.24, 2.45) is 5.73 Å². The molecule has 3 nitrogen and oxygen atoms in total. The summed E-state index contributed by atoms with van der Waals surface area (Å²) in [6.07, 6.45) is -0.627. The zero-order valence-electron chi connectivity index (χ0n) is 7.95. The molecule has 86 valence electrons. The van der Waals surface area contributed by atoms with E-state index < -0.39 is 12.1 Å². The van der Waals surface area contributed by atoms with Gasteiger partial charge in [0, 0.05) is 0 Å². The fourth-order valence-electron chi connectivity index (χ4n) is 1.06. The summed E-state index contributed by atoms with van der Waals surface area (Å²) in [6.45, 7) is 1.62. The van der Waals surface area contributed by atoms with Gasteiger partial charge in [0.25, 0.3) is 0 Å². The van der Waals surface area contributed by atoms with Gasteiger partial charge in [-0.2, -0.15) is 0 Å². The van der Waals surface area contributed by atoms with Gasteiger partial charge in [0.05, 0.1) is 21.1 Å². The molecule has 0 fully saturated rings. The van der Waals surface area contributed by atoms with E-state index in [1.807, 2.05) is 0 Å². The minimum absolute atomic E-state index is 0. The molecule has 15 heavy (non-hydrogen) atoms. The Morgan fingerprint density at radius 1 is 1.27 bits per heavy atom. The zero-order chi connectivity index (χ0) is 10.9. The lowest BCUT2D eigenvalue weighted by atomic mass is 10.0. The van der Waals surface area contributed by atoms with E-state index in [-0.39, 0.29) is 18.2 Å². The monoisotopic (exact) mass is 359 g/mol. The summed E-state index contributed by atoms with van der Waals surface area (Å²) in [5, 5.41) is 18.8. The van der Waals surface area contributed by atoms with Crippen molar-refractivity contribution in [2.75, 3.05) is 0 Å². The van der Waals surface area contributed by atoms with Crippen LogP contribution < -0.4 is 5.73 Å². The highest BCUT2D eigenvalue weighted by Crippen LogP contribution is 2.35. The fourth-order valence-corrected chi connectivity index (χ4v) is 2.28. The Morgan fingerprint density at radius 3 is 2.00 bits per heavy atom. The van der Waals surface area contributed by atoms with Crippen LogP contribution in [0.1, 0.15) is 18.5 Å². The molecular formula is C9H12Br2ClNO2. The van der Waals surface area contributed by atoms with Crippen molar-refractivity contribution in [3.63, 3.8) is 0 Å². The summed E-state index contributed by atoms with van der Waals surface area (Å²) in [4.78, 5) is 0. The highest BCUT2D eigenvalue weighted by atomic mass is 79.9. The van der Waals surface area contributed by atoms with Crippen molar-refractivity contribution in [3.05, 3.63) is 26.6 Å². The normalized spacial score (nSPS) is 14.2. The number of phenols is 1. The number of halogens is 3. The lowest BCUT2D eigenvalue weighted by Gasteiger charge is -2.16. The van der Waals surface area contributed by atoms with Gasteiger partial charge in [-0.15, -0.1) is 12.4 Å². The molecule has 0 saturated carbocycles. The van der Waals surface area contributed by atoms with Gasteiger partial charge < -0.3 is 15.9 Å². The van der Waals surface area contributed by atoms with Crippen molar-refractivity contribution in [3.8, 4) is 5.75 Å². The predicted molar refractivity (Wildman–Crippen MR) is 69.4 cm³/mol. The van der Waals surface area contributed by atoms with Gasteiger partial charge >= 0.3 is 0 Å². The molecule has 0 heterocycles. The van der Waals surface area contributed by atoms with Crippen LogP contribution in [0.2, 0.25) is 0 Å². The molecule has 0 radical (unpaired) electrons. The number of hydrogen-bond acceptors (Lipinski definition) is 3.